The highest BCUT2D eigenvalue weighted by atomic mass is 16.6. The van der Waals surface area contributed by atoms with Crippen molar-refractivity contribution in [2.75, 3.05) is 13.2 Å². The summed E-state index contributed by atoms with van der Waals surface area (Å²) in [6.45, 7) is 5.47. The molecule has 172 valence electrons. The molecule has 1 atom stereocenters. The molecule has 9 nitrogen and oxygen atoms in total. The molecule has 1 N–H and O–H groups in total. The van der Waals surface area contributed by atoms with Crippen molar-refractivity contribution in [2.45, 2.75) is 26.8 Å². The monoisotopic (exact) mass is 451 g/mol. The predicted molar refractivity (Wildman–Crippen MR) is 123 cm³/mol. The van der Waals surface area contributed by atoms with E-state index in [0.717, 1.165) is 5.56 Å². The third-order valence-corrected chi connectivity index (χ3v) is 4.77. The molecule has 0 saturated heterocycles. The number of rotatable bonds is 10. The number of hydrogen-bond acceptors (Lipinski definition) is 7. The lowest BCUT2D eigenvalue weighted by molar-refractivity contribution is -0.386. The van der Waals surface area contributed by atoms with Crippen LogP contribution in [0.2, 0.25) is 0 Å². The molecule has 33 heavy (non-hydrogen) atoms. The number of aryl methyl sites for hydroxylation is 1. The van der Waals surface area contributed by atoms with Crippen LogP contribution < -0.4 is 14.8 Å². The number of hydrogen-bond donors (Lipinski definition) is 1. The second-order valence-corrected chi connectivity index (χ2v) is 7.20. The zero-order chi connectivity index (χ0) is 23.8. The van der Waals surface area contributed by atoms with E-state index < -0.39 is 4.92 Å². The van der Waals surface area contributed by atoms with E-state index in [2.05, 4.69) is 10.5 Å². The Hall–Kier alpha value is -4.14. The number of aromatic nitrogens is 1. The van der Waals surface area contributed by atoms with Gasteiger partial charge in [0.15, 0.2) is 23.8 Å². The van der Waals surface area contributed by atoms with Gasteiger partial charge in [0.1, 0.15) is 0 Å². The Labute approximate surface area is 191 Å². The Morgan fingerprint density at radius 3 is 2.64 bits per heavy atom. The molecule has 0 aliphatic carbocycles. The molecule has 0 unspecified atom stereocenters. The Bertz CT molecular complexity index is 1140. The first kappa shape index (κ1) is 23.5. The molecule has 0 saturated carbocycles. The van der Waals surface area contributed by atoms with Crippen molar-refractivity contribution in [3.05, 3.63) is 81.2 Å². The summed E-state index contributed by atoms with van der Waals surface area (Å²) in [6.07, 6.45) is 3.12. The van der Waals surface area contributed by atoms with Crippen LogP contribution in [0, 0.1) is 17.0 Å². The van der Waals surface area contributed by atoms with Crippen molar-refractivity contribution in [1.29, 1.82) is 0 Å². The van der Waals surface area contributed by atoms with Gasteiger partial charge in [-0.25, -0.2) is 0 Å². The van der Waals surface area contributed by atoms with Crippen LogP contribution in [0.5, 0.6) is 11.5 Å². The van der Waals surface area contributed by atoms with E-state index in [0.29, 0.717) is 23.7 Å². The zero-order valence-electron chi connectivity index (χ0n) is 18.6. The van der Waals surface area contributed by atoms with E-state index in [1.165, 1.54) is 13.0 Å². The maximum absolute atomic E-state index is 12.3. The normalized spacial score (nSPS) is 11.8. The van der Waals surface area contributed by atoms with Crippen LogP contribution in [0.1, 0.15) is 42.5 Å². The highest BCUT2D eigenvalue weighted by Crippen LogP contribution is 2.30. The fourth-order valence-corrected chi connectivity index (χ4v) is 3.15. The van der Waals surface area contributed by atoms with Gasteiger partial charge in [-0.2, -0.15) is 0 Å². The summed E-state index contributed by atoms with van der Waals surface area (Å²) >= 11 is 0. The molecular weight excluding hydrogens is 426 g/mol. The summed E-state index contributed by atoms with van der Waals surface area (Å²) < 4.78 is 16.4. The van der Waals surface area contributed by atoms with Gasteiger partial charge in [0.05, 0.1) is 17.6 Å². The highest BCUT2D eigenvalue weighted by Gasteiger charge is 2.22. The third-order valence-electron chi connectivity index (χ3n) is 4.77. The second kappa shape index (κ2) is 10.9. The van der Waals surface area contributed by atoms with Crippen molar-refractivity contribution in [1.82, 2.24) is 10.5 Å². The van der Waals surface area contributed by atoms with Gasteiger partial charge in [0.25, 0.3) is 5.91 Å². The Morgan fingerprint density at radius 2 is 1.94 bits per heavy atom. The number of nitrogens with one attached hydrogen (secondary N) is 1. The van der Waals surface area contributed by atoms with Gasteiger partial charge in [0.2, 0.25) is 5.76 Å². The lowest BCUT2D eigenvalue weighted by Gasteiger charge is -2.16. The number of nitrogens with zero attached hydrogens (tertiary/aromatic N) is 2. The van der Waals surface area contributed by atoms with Gasteiger partial charge < -0.3 is 19.3 Å². The predicted octanol–water partition coefficient (Wildman–Crippen LogP) is 4.72. The largest absolute Gasteiger partial charge is 0.490 e. The molecule has 0 spiro atoms. The molecule has 2 aromatic carbocycles. The Kier molecular flexibility index (Phi) is 7.80. The van der Waals surface area contributed by atoms with Crippen LogP contribution in [-0.4, -0.2) is 29.2 Å². The molecule has 9 heteroatoms. The quantitative estimate of drug-likeness (QED) is 0.350. The van der Waals surface area contributed by atoms with E-state index in [9.17, 15) is 14.9 Å². The van der Waals surface area contributed by atoms with E-state index in [1.54, 1.807) is 24.3 Å². The average molecular weight is 451 g/mol. The van der Waals surface area contributed by atoms with Crippen molar-refractivity contribution >= 4 is 23.7 Å². The number of benzene rings is 2. The Balaban J connectivity index is 1.67. The highest BCUT2D eigenvalue weighted by molar-refractivity contribution is 5.78. The molecule has 1 amide bonds. The molecule has 0 fully saturated rings. The molecule has 0 aliphatic heterocycles. The minimum Gasteiger partial charge on any atom is -0.490 e. The van der Waals surface area contributed by atoms with Crippen LogP contribution in [-0.2, 0) is 4.79 Å². The maximum Gasteiger partial charge on any atom is 0.338 e. The molecule has 3 rings (SSSR count). The molecule has 0 aliphatic rings. The SMILES string of the molecule is CCOc1cc(/C=C/c2onc(C)c2[N+](=O)[O-])ccc1OCC(=O)N[C@H](C)c1ccccc1. The van der Waals surface area contributed by atoms with Gasteiger partial charge in [-0.05, 0) is 50.1 Å². The summed E-state index contributed by atoms with van der Waals surface area (Å²) in [5.74, 6) is 0.663. The van der Waals surface area contributed by atoms with Gasteiger partial charge in [-0.1, -0.05) is 47.6 Å². The van der Waals surface area contributed by atoms with E-state index >= 15 is 0 Å². The van der Waals surface area contributed by atoms with Crippen LogP contribution in [0.15, 0.2) is 53.1 Å². The molecule has 3 aromatic rings. The number of carbonyl (C=O) groups excluding carboxylic acids is 1. The molecule has 1 heterocycles. The summed E-state index contributed by atoms with van der Waals surface area (Å²) in [6, 6.07) is 14.6. The van der Waals surface area contributed by atoms with Gasteiger partial charge in [-0.15, -0.1) is 0 Å². The number of amides is 1. The molecule has 0 radical (unpaired) electrons. The minimum atomic E-state index is -0.530. The standard InChI is InChI=1S/C24H25N3O6/c1-4-31-22-14-18(11-13-21-24(27(29)30)17(3)26-33-21)10-12-20(22)32-15-23(28)25-16(2)19-8-6-5-7-9-19/h5-14,16H,4,15H2,1-3H3,(H,25,28)/b13-11+/t16-/m1/s1. The third kappa shape index (κ3) is 6.19. The van der Waals surface area contributed by atoms with Crippen LogP contribution >= 0.6 is 0 Å². The lowest BCUT2D eigenvalue weighted by Crippen LogP contribution is -2.31. The van der Waals surface area contributed by atoms with E-state index in [-0.39, 0.29) is 35.7 Å². The maximum atomic E-state index is 12.3. The molecular formula is C24H25N3O6. The number of ether oxygens (including phenoxy) is 2. The zero-order valence-corrected chi connectivity index (χ0v) is 18.6. The van der Waals surface area contributed by atoms with E-state index in [4.69, 9.17) is 14.0 Å². The number of nitro groups is 1. The molecule has 0 bridgehead atoms. The number of carbonyl (C=O) groups is 1. The summed E-state index contributed by atoms with van der Waals surface area (Å²) in [4.78, 5) is 23.0. The fraction of sp³-hybridized carbons (Fsp3) is 0.250. The minimum absolute atomic E-state index is 0.0555. The summed E-state index contributed by atoms with van der Waals surface area (Å²) in [7, 11) is 0. The van der Waals surface area contributed by atoms with E-state index in [1.807, 2.05) is 44.2 Å². The first-order valence-electron chi connectivity index (χ1n) is 10.4. The Morgan fingerprint density at radius 1 is 1.18 bits per heavy atom. The summed E-state index contributed by atoms with van der Waals surface area (Å²) in [5, 5.41) is 17.7. The van der Waals surface area contributed by atoms with Gasteiger partial charge in [-0.3, -0.25) is 14.9 Å². The summed E-state index contributed by atoms with van der Waals surface area (Å²) in [5.41, 5.74) is 1.74. The van der Waals surface area contributed by atoms with Crippen molar-refractivity contribution in [3.63, 3.8) is 0 Å². The van der Waals surface area contributed by atoms with Crippen LogP contribution in [0.3, 0.4) is 0 Å². The first-order valence-corrected chi connectivity index (χ1v) is 10.4. The van der Waals surface area contributed by atoms with Crippen LogP contribution in [0.4, 0.5) is 5.69 Å². The average Bonchev–Trinajstić information content (AvgIpc) is 3.18. The van der Waals surface area contributed by atoms with Crippen molar-refractivity contribution < 1.29 is 23.7 Å². The lowest BCUT2D eigenvalue weighted by atomic mass is 10.1. The van der Waals surface area contributed by atoms with Crippen LogP contribution in [0.25, 0.3) is 12.2 Å². The first-order chi connectivity index (χ1) is 15.9. The molecule has 1 aromatic heterocycles. The fourth-order valence-electron chi connectivity index (χ4n) is 3.15. The van der Waals surface area contributed by atoms with Crippen molar-refractivity contribution in [3.8, 4) is 11.5 Å². The van der Waals surface area contributed by atoms with Gasteiger partial charge >= 0.3 is 5.69 Å². The van der Waals surface area contributed by atoms with Gasteiger partial charge in [0, 0.05) is 0 Å². The topological polar surface area (TPSA) is 117 Å². The smallest absolute Gasteiger partial charge is 0.338 e. The van der Waals surface area contributed by atoms with Crippen molar-refractivity contribution in [2.24, 2.45) is 0 Å². The second-order valence-electron chi connectivity index (χ2n) is 7.20.